The first-order valence-corrected chi connectivity index (χ1v) is 11.8. The van der Waals surface area contributed by atoms with Crippen LogP contribution >= 0.6 is 0 Å². The fourth-order valence-corrected chi connectivity index (χ4v) is 4.66. The highest BCUT2D eigenvalue weighted by Gasteiger charge is 2.46. The quantitative estimate of drug-likeness (QED) is 0.331. The van der Waals surface area contributed by atoms with Gasteiger partial charge in [-0.2, -0.15) is 10.1 Å². The van der Waals surface area contributed by atoms with Crippen LogP contribution in [0, 0.1) is 0 Å². The maximum absolute atomic E-state index is 9.75. The summed E-state index contributed by atoms with van der Waals surface area (Å²) in [6.45, 7) is 10.5. The van der Waals surface area contributed by atoms with E-state index in [2.05, 4.69) is 68.6 Å². The maximum atomic E-state index is 9.75. The standard InChI is InChI=1S/C23H32N5O2.BF4/c1-3-7-22(8-4-1)17-29-26-19-25(28-14-11-24(12-15-28)13-16-28)20-27(21-26)30-18-23-9-5-2-6-10-23;2-1(3,4)5/h1-10H,11-21H2;/q+1;-1. The molecule has 2 aromatic rings. The van der Waals surface area contributed by atoms with Gasteiger partial charge in [-0.1, -0.05) is 60.7 Å². The van der Waals surface area contributed by atoms with Crippen LogP contribution in [-0.4, -0.2) is 91.2 Å². The number of rotatable bonds is 7. The van der Waals surface area contributed by atoms with Crippen LogP contribution in [0.2, 0.25) is 0 Å². The summed E-state index contributed by atoms with van der Waals surface area (Å²) in [5.41, 5.74) is 2.37. The number of hydroxylamine groups is 4. The van der Waals surface area contributed by atoms with Gasteiger partial charge in [-0.3, -0.25) is 14.6 Å². The van der Waals surface area contributed by atoms with Gasteiger partial charge in [0, 0.05) is 19.6 Å². The summed E-state index contributed by atoms with van der Waals surface area (Å²) in [5.74, 6) is 0. The lowest BCUT2D eigenvalue weighted by atomic mass is 10.2. The molecule has 0 saturated carbocycles. The first kappa shape index (κ1) is 26.0. The first-order valence-electron chi connectivity index (χ1n) is 11.8. The second kappa shape index (κ2) is 11.8. The van der Waals surface area contributed by atoms with Crippen LogP contribution in [0.4, 0.5) is 17.3 Å². The van der Waals surface area contributed by atoms with Crippen molar-refractivity contribution >= 4 is 7.25 Å². The normalized spacial score (nSPS) is 25.8. The third-order valence-electron chi connectivity index (χ3n) is 6.57. The molecule has 2 aromatic carbocycles. The Morgan fingerprint density at radius 3 is 1.46 bits per heavy atom. The van der Waals surface area contributed by atoms with Gasteiger partial charge in [0.25, 0.3) is 0 Å². The molecule has 12 heteroatoms. The third-order valence-corrected chi connectivity index (χ3v) is 6.57. The van der Waals surface area contributed by atoms with Crippen LogP contribution in [0.25, 0.3) is 0 Å². The molecule has 0 amide bonds. The minimum absolute atomic E-state index is 0.578. The highest BCUT2D eigenvalue weighted by atomic mass is 19.5. The Balaban J connectivity index is 0.000000527. The van der Waals surface area contributed by atoms with Gasteiger partial charge in [0.1, 0.15) is 39.6 Å². The van der Waals surface area contributed by atoms with Crippen LogP contribution in [0.15, 0.2) is 60.7 Å². The summed E-state index contributed by atoms with van der Waals surface area (Å²) in [6, 6.07) is 20.7. The van der Waals surface area contributed by atoms with Crippen molar-refractivity contribution in [3.63, 3.8) is 0 Å². The van der Waals surface area contributed by atoms with Crippen molar-refractivity contribution in [3.8, 4) is 0 Å². The van der Waals surface area contributed by atoms with Crippen LogP contribution in [0.1, 0.15) is 11.1 Å². The minimum Gasteiger partial charge on any atom is -0.418 e. The summed E-state index contributed by atoms with van der Waals surface area (Å²) in [6.07, 6.45) is 0. The van der Waals surface area contributed by atoms with Gasteiger partial charge in [-0.25, -0.2) is 4.59 Å². The Morgan fingerprint density at radius 1 is 0.657 bits per heavy atom. The lowest BCUT2D eigenvalue weighted by molar-refractivity contribution is -1.05. The molecule has 0 spiro atoms. The van der Waals surface area contributed by atoms with Gasteiger partial charge in [-0.15, -0.1) is 5.01 Å². The van der Waals surface area contributed by atoms with Crippen molar-refractivity contribution in [2.45, 2.75) is 13.2 Å². The molecule has 0 aliphatic carbocycles. The van der Waals surface area contributed by atoms with E-state index in [0.717, 1.165) is 17.9 Å². The fourth-order valence-electron chi connectivity index (χ4n) is 4.66. The lowest BCUT2D eigenvalue weighted by Crippen LogP contribution is -2.76. The molecule has 4 aliphatic rings. The number of benzene rings is 2. The van der Waals surface area contributed by atoms with Crippen molar-refractivity contribution in [1.82, 2.24) is 20.0 Å². The Labute approximate surface area is 203 Å². The number of quaternary nitrogens is 1. The molecule has 0 atom stereocenters. The zero-order valence-electron chi connectivity index (χ0n) is 19.7. The van der Waals surface area contributed by atoms with Gasteiger partial charge in [0.2, 0.25) is 0 Å². The molecule has 192 valence electrons. The first-order chi connectivity index (χ1) is 16.8. The number of piperazine rings is 3. The summed E-state index contributed by atoms with van der Waals surface area (Å²) in [5, 5.41) is 6.64. The third kappa shape index (κ3) is 7.97. The van der Waals surface area contributed by atoms with E-state index in [0.29, 0.717) is 19.9 Å². The molecule has 4 heterocycles. The van der Waals surface area contributed by atoms with E-state index in [-0.39, 0.29) is 0 Å². The molecule has 0 N–H and O–H groups in total. The Morgan fingerprint density at radius 2 is 1.06 bits per heavy atom. The molecular formula is C23H32BF4N5O2. The van der Waals surface area contributed by atoms with Crippen molar-refractivity contribution in [2.75, 3.05) is 59.3 Å². The van der Waals surface area contributed by atoms with E-state index in [1.807, 2.05) is 12.1 Å². The number of fused-ring (bicyclic) bond motifs is 3. The minimum atomic E-state index is -6.00. The van der Waals surface area contributed by atoms with E-state index in [1.54, 1.807) is 0 Å². The fraction of sp³-hybridized carbons (Fsp3) is 0.478. The molecule has 0 unspecified atom stereocenters. The Kier molecular flexibility index (Phi) is 8.76. The molecule has 0 radical (unpaired) electrons. The Hall–Kier alpha value is -2.06. The molecule has 0 aromatic heterocycles. The van der Waals surface area contributed by atoms with Crippen LogP contribution < -0.4 is 0 Å². The Bertz CT molecular complexity index is 833. The molecule has 4 fully saturated rings. The summed E-state index contributed by atoms with van der Waals surface area (Å²) >= 11 is 0. The number of hydrogen-bond donors (Lipinski definition) is 0. The summed E-state index contributed by atoms with van der Waals surface area (Å²) < 4.78 is 40.0. The molecule has 4 aliphatic heterocycles. The van der Waals surface area contributed by atoms with Gasteiger partial charge < -0.3 is 17.3 Å². The van der Waals surface area contributed by atoms with Gasteiger partial charge in [-0.05, 0) is 11.1 Å². The van der Waals surface area contributed by atoms with Crippen molar-refractivity contribution in [3.05, 3.63) is 71.8 Å². The van der Waals surface area contributed by atoms with Crippen LogP contribution in [-0.2, 0) is 22.9 Å². The van der Waals surface area contributed by atoms with Gasteiger partial charge in [0.15, 0.2) is 0 Å². The number of nitrogens with zero attached hydrogens (tertiary/aromatic N) is 5. The van der Waals surface area contributed by atoms with E-state index >= 15 is 0 Å². The van der Waals surface area contributed by atoms with Crippen LogP contribution in [0.5, 0.6) is 0 Å². The maximum Gasteiger partial charge on any atom is 0.673 e. The van der Waals surface area contributed by atoms with Gasteiger partial charge >= 0.3 is 7.25 Å². The van der Waals surface area contributed by atoms with E-state index in [9.17, 15) is 17.3 Å². The number of hydrogen-bond acceptors (Lipinski definition) is 6. The highest BCUT2D eigenvalue weighted by Crippen LogP contribution is 2.26. The number of halogens is 4. The highest BCUT2D eigenvalue weighted by molar-refractivity contribution is 6.50. The lowest BCUT2D eigenvalue weighted by Gasteiger charge is -2.56. The topological polar surface area (TPSA) is 31.4 Å². The average molecular weight is 497 g/mol. The molecular weight excluding hydrogens is 465 g/mol. The van der Waals surface area contributed by atoms with E-state index in [4.69, 9.17) is 9.68 Å². The SMILES string of the molecule is F[B-](F)(F)F.c1ccc(CON2CN(OCc3ccccc3)CN([N+]34CCN(CC3)CC4)C2)cc1. The summed E-state index contributed by atoms with van der Waals surface area (Å²) in [7, 11) is -6.00. The largest absolute Gasteiger partial charge is 0.673 e. The molecule has 7 nitrogen and oxygen atoms in total. The molecule has 4 saturated heterocycles. The zero-order valence-corrected chi connectivity index (χ0v) is 19.7. The smallest absolute Gasteiger partial charge is 0.418 e. The van der Waals surface area contributed by atoms with Crippen molar-refractivity contribution in [1.29, 1.82) is 0 Å². The summed E-state index contributed by atoms with van der Waals surface area (Å²) in [4.78, 5) is 15.0. The van der Waals surface area contributed by atoms with Crippen molar-refractivity contribution < 1.29 is 31.5 Å². The molecule has 6 rings (SSSR count). The van der Waals surface area contributed by atoms with Crippen molar-refractivity contribution in [2.24, 2.45) is 0 Å². The predicted molar refractivity (Wildman–Crippen MR) is 124 cm³/mol. The monoisotopic (exact) mass is 497 g/mol. The predicted octanol–water partition coefficient (Wildman–Crippen LogP) is 3.40. The van der Waals surface area contributed by atoms with E-state index < -0.39 is 7.25 Å². The second-order valence-electron chi connectivity index (χ2n) is 9.01. The second-order valence-corrected chi connectivity index (χ2v) is 9.01. The zero-order chi connectivity index (χ0) is 24.7. The van der Waals surface area contributed by atoms with E-state index in [1.165, 1.54) is 50.4 Å². The molecule has 35 heavy (non-hydrogen) atoms. The average Bonchev–Trinajstić information content (AvgIpc) is 2.88. The van der Waals surface area contributed by atoms with Gasteiger partial charge in [0.05, 0.1) is 13.2 Å². The van der Waals surface area contributed by atoms with Crippen LogP contribution in [0.3, 0.4) is 0 Å². The molecule has 2 bridgehead atoms.